The number of benzene rings is 1. The highest BCUT2D eigenvalue weighted by Crippen LogP contribution is 2.24. The van der Waals surface area contributed by atoms with Crippen LogP contribution in [0.5, 0.6) is 0 Å². The number of carbonyl (C=O) groups excluding carboxylic acids is 1. The zero-order valence-corrected chi connectivity index (χ0v) is 11.0. The average molecular weight is 274 g/mol. The molecule has 0 aliphatic heterocycles. The lowest BCUT2D eigenvalue weighted by molar-refractivity contribution is -0.384. The summed E-state index contributed by atoms with van der Waals surface area (Å²) in [5, 5.41) is 11.1. The van der Waals surface area contributed by atoms with Crippen molar-refractivity contribution in [3.8, 4) is 5.69 Å². The lowest BCUT2D eigenvalue weighted by Crippen LogP contribution is -2.11. The molecule has 0 aliphatic rings. The van der Waals surface area contributed by atoms with Crippen molar-refractivity contribution in [2.24, 2.45) is 0 Å². The Morgan fingerprint density at radius 1 is 1.30 bits per heavy atom. The molecule has 6 nitrogen and oxygen atoms in total. The first-order chi connectivity index (χ1) is 9.63. The van der Waals surface area contributed by atoms with E-state index in [2.05, 4.69) is 0 Å². The van der Waals surface area contributed by atoms with Gasteiger partial charge in [0.25, 0.3) is 5.69 Å². The fraction of sp³-hybridized carbons (Fsp3) is 0.214. The number of hydrogen-bond acceptors (Lipinski definition) is 4. The molecule has 0 fully saturated rings. The van der Waals surface area contributed by atoms with E-state index in [1.54, 1.807) is 48.0 Å². The van der Waals surface area contributed by atoms with Gasteiger partial charge >= 0.3 is 5.97 Å². The number of nitrogens with zero attached hydrogens (tertiary/aromatic N) is 2. The molecule has 0 aliphatic carbocycles. The minimum absolute atomic E-state index is 0.00573. The zero-order valence-electron chi connectivity index (χ0n) is 11.0. The maximum atomic E-state index is 11.5. The van der Waals surface area contributed by atoms with Gasteiger partial charge in [0.15, 0.2) is 0 Å². The fourth-order valence-electron chi connectivity index (χ4n) is 1.98. The van der Waals surface area contributed by atoms with Gasteiger partial charge in [-0.25, -0.2) is 0 Å². The summed E-state index contributed by atoms with van der Waals surface area (Å²) in [6, 6.07) is 9.89. The first-order valence-electron chi connectivity index (χ1n) is 6.19. The van der Waals surface area contributed by atoms with Gasteiger partial charge in [0.05, 0.1) is 18.0 Å². The summed E-state index contributed by atoms with van der Waals surface area (Å²) >= 11 is 0. The van der Waals surface area contributed by atoms with Gasteiger partial charge in [0.1, 0.15) is 5.69 Å². The quantitative estimate of drug-likeness (QED) is 0.477. The number of nitro groups is 1. The molecular formula is C14H14N2O4. The van der Waals surface area contributed by atoms with Crippen molar-refractivity contribution in [1.82, 2.24) is 4.57 Å². The van der Waals surface area contributed by atoms with Gasteiger partial charge < -0.3 is 9.30 Å². The lowest BCUT2D eigenvalue weighted by atomic mass is 10.2. The number of nitro benzene ring substituents is 1. The summed E-state index contributed by atoms with van der Waals surface area (Å²) in [6.07, 6.45) is 1.77. The second-order valence-electron chi connectivity index (χ2n) is 4.10. The van der Waals surface area contributed by atoms with Crippen LogP contribution in [0.1, 0.15) is 12.6 Å². The van der Waals surface area contributed by atoms with Gasteiger partial charge in [-0.1, -0.05) is 12.1 Å². The van der Waals surface area contributed by atoms with E-state index in [1.165, 1.54) is 6.07 Å². The number of esters is 1. The van der Waals surface area contributed by atoms with Crippen molar-refractivity contribution in [3.63, 3.8) is 0 Å². The van der Waals surface area contributed by atoms with E-state index in [4.69, 9.17) is 4.74 Å². The molecule has 0 radical (unpaired) electrons. The Balaban J connectivity index is 2.37. The topological polar surface area (TPSA) is 74.4 Å². The summed E-state index contributed by atoms with van der Waals surface area (Å²) in [5.74, 6) is -0.356. The Hall–Kier alpha value is -2.63. The van der Waals surface area contributed by atoms with Gasteiger partial charge in [-0.15, -0.1) is 0 Å². The lowest BCUT2D eigenvalue weighted by Gasteiger charge is -2.09. The molecule has 0 spiro atoms. The average Bonchev–Trinajstić information content (AvgIpc) is 2.86. The molecule has 2 rings (SSSR count). The molecule has 20 heavy (non-hydrogen) atoms. The highest BCUT2D eigenvalue weighted by molar-refractivity contribution is 5.72. The number of carbonyl (C=O) groups is 1. The molecule has 0 atom stereocenters. The van der Waals surface area contributed by atoms with Crippen molar-refractivity contribution in [1.29, 1.82) is 0 Å². The molecule has 0 saturated carbocycles. The predicted molar refractivity (Wildman–Crippen MR) is 72.8 cm³/mol. The molecule has 104 valence electrons. The normalized spacial score (nSPS) is 10.2. The van der Waals surface area contributed by atoms with Crippen molar-refractivity contribution in [2.45, 2.75) is 13.3 Å². The first-order valence-corrected chi connectivity index (χ1v) is 6.19. The SMILES string of the molecule is CCOC(=O)Cc1cccn1-c1ccccc1[N+](=O)[O-]. The molecule has 0 unspecified atom stereocenters. The first kappa shape index (κ1) is 13.8. The summed E-state index contributed by atoms with van der Waals surface area (Å²) in [6.45, 7) is 2.05. The molecule has 2 aromatic rings. The Morgan fingerprint density at radius 2 is 2.05 bits per heavy atom. The Bertz CT molecular complexity index is 634. The van der Waals surface area contributed by atoms with E-state index < -0.39 is 4.92 Å². The van der Waals surface area contributed by atoms with Crippen molar-refractivity contribution in [2.75, 3.05) is 6.61 Å². The van der Waals surface area contributed by atoms with Crippen LogP contribution >= 0.6 is 0 Å². The van der Waals surface area contributed by atoms with Gasteiger partial charge in [0, 0.05) is 18.0 Å². The molecule has 1 heterocycles. The Morgan fingerprint density at radius 3 is 2.75 bits per heavy atom. The summed E-state index contributed by atoms with van der Waals surface area (Å²) in [5.41, 5.74) is 1.08. The minimum Gasteiger partial charge on any atom is -0.466 e. The molecule has 1 aromatic heterocycles. The van der Waals surface area contributed by atoms with Gasteiger partial charge in [-0.2, -0.15) is 0 Å². The second kappa shape index (κ2) is 6.01. The maximum absolute atomic E-state index is 11.5. The number of rotatable bonds is 5. The van der Waals surface area contributed by atoms with E-state index in [-0.39, 0.29) is 18.1 Å². The van der Waals surface area contributed by atoms with Crippen LogP contribution in [0.2, 0.25) is 0 Å². The van der Waals surface area contributed by atoms with E-state index in [0.29, 0.717) is 18.0 Å². The van der Waals surface area contributed by atoms with Gasteiger partial charge in [0.2, 0.25) is 0 Å². The highest BCUT2D eigenvalue weighted by Gasteiger charge is 2.17. The van der Waals surface area contributed by atoms with Crippen LogP contribution in [0.3, 0.4) is 0 Å². The number of ether oxygens (including phenoxy) is 1. The van der Waals surface area contributed by atoms with Crippen LogP contribution in [0, 0.1) is 10.1 Å². The van der Waals surface area contributed by atoms with Crippen LogP contribution < -0.4 is 0 Å². The molecule has 1 aromatic carbocycles. The molecule has 0 bridgehead atoms. The number of aromatic nitrogens is 1. The Kier molecular flexibility index (Phi) is 4.14. The van der Waals surface area contributed by atoms with Crippen LogP contribution in [0.25, 0.3) is 5.69 Å². The highest BCUT2D eigenvalue weighted by atomic mass is 16.6. The van der Waals surface area contributed by atoms with Crippen LogP contribution in [0.15, 0.2) is 42.6 Å². The third-order valence-electron chi connectivity index (χ3n) is 2.80. The van der Waals surface area contributed by atoms with Crippen molar-refractivity contribution >= 4 is 11.7 Å². The number of para-hydroxylation sites is 2. The van der Waals surface area contributed by atoms with Gasteiger partial charge in [-0.3, -0.25) is 14.9 Å². The van der Waals surface area contributed by atoms with Crippen molar-refractivity contribution in [3.05, 3.63) is 58.4 Å². The number of hydrogen-bond donors (Lipinski definition) is 0. The molecule has 0 amide bonds. The monoisotopic (exact) mass is 274 g/mol. The minimum atomic E-state index is -0.441. The van der Waals surface area contributed by atoms with E-state index in [9.17, 15) is 14.9 Å². The van der Waals surface area contributed by atoms with Crippen LogP contribution in [-0.4, -0.2) is 22.1 Å². The van der Waals surface area contributed by atoms with E-state index in [0.717, 1.165) is 0 Å². The van der Waals surface area contributed by atoms with E-state index in [1.807, 2.05) is 0 Å². The molecule has 0 saturated heterocycles. The van der Waals surface area contributed by atoms with Crippen LogP contribution in [0.4, 0.5) is 5.69 Å². The standard InChI is InChI=1S/C14H14N2O4/c1-2-20-14(17)10-11-6-5-9-15(11)12-7-3-4-8-13(12)16(18)19/h3-9H,2,10H2,1H3. The predicted octanol–water partition coefficient (Wildman–Crippen LogP) is 2.49. The zero-order chi connectivity index (χ0) is 14.5. The summed E-state index contributed by atoms with van der Waals surface area (Å²) in [7, 11) is 0. The fourth-order valence-corrected chi connectivity index (χ4v) is 1.98. The molecule has 6 heteroatoms. The molecule has 0 N–H and O–H groups in total. The molecular weight excluding hydrogens is 260 g/mol. The smallest absolute Gasteiger partial charge is 0.311 e. The third-order valence-corrected chi connectivity index (χ3v) is 2.80. The van der Waals surface area contributed by atoms with Crippen LogP contribution in [-0.2, 0) is 16.0 Å². The van der Waals surface area contributed by atoms with Gasteiger partial charge in [-0.05, 0) is 25.1 Å². The maximum Gasteiger partial charge on any atom is 0.311 e. The Labute approximate surface area is 115 Å². The van der Waals surface area contributed by atoms with Crippen molar-refractivity contribution < 1.29 is 14.5 Å². The third kappa shape index (κ3) is 2.85. The second-order valence-corrected chi connectivity index (χ2v) is 4.10. The van der Waals surface area contributed by atoms with E-state index >= 15 is 0 Å². The summed E-state index contributed by atoms with van der Waals surface area (Å²) < 4.78 is 6.53. The largest absolute Gasteiger partial charge is 0.466 e. The summed E-state index contributed by atoms with van der Waals surface area (Å²) in [4.78, 5) is 22.2.